The lowest BCUT2D eigenvalue weighted by molar-refractivity contribution is 0.0946. The number of nitrogens with one attached hydrogen (secondary N) is 2. The molecule has 0 atom stereocenters. The molecule has 1 heterocycles. The number of sulfonamides is 1. The molecule has 1 aromatic carbocycles. The number of nitrogens with two attached hydrogens (primary N) is 1. The molecule has 0 aliphatic carbocycles. The minimum Gasteiger partial charge on any atom is -0.350 e. The molecule has 1 aromatic heterocycles. The number of benzene rings is 1. The van der Waals surface area contributed by atoms with Gasteiger partial charge in [-0.25, -0.2) is 13.1 Å². The van der Waals surface area contributed by atoms with Gasteiger partial charge in [0.2, 0.25) is 10.0 Å². The molecular formula is C16H22ClN3O3S2. The summed E-state index contributed by atoms with van der Waals surface area (Å²) in [6.07, 6.45) is 0. The summed E-state index contributed by atoms with van der Waals surface area (Å²) in [4.78, 5) is 13.1. The maximum absolute atomic E-state index is 12.4. The van der Waals surface area contributed by atoms with Crippen LogP contribution in [0.5, 0.6) is 0 Å². The molecule has 6 nitrogen and oxygen atoms in total. The van der Waals surface area contributed by atoms with Crippen molar-refractivity contribution in [3.05, 3.63) is 52.2 Å². The fraction of sp³-hybridized carbons (Fsp3) is 0.312. The molecule has 2 rings (SSSR count). The van der Waals surface area contributed by atoms with E-state index in [0.717, 1.165) is 4.88 Å². The first-order valence-electron chi connectivity index (χ1n) is 7.37. The third-order valence-corrected chi connectivity index (χ3v) is 5.40. The van der Waals surface area contributed by atoms with Crippen molar-refractivity contribution < 1.29 is 13.2 Å². The molecule has 0 aliphatic rings. The molecule has 0 fully saturated rings. The number of hydrogen-bond acceptors (Lipinski definition) is 5. The van der Waals surface area contributed by atoms with E-state index in [2.05, 4.69) is 10.0 Å². The minimum absolute atomic E-state index is 0. The Labute approximate surface area is 158 Å². The predicted molar refractivity (Wildman–Crippen MR) is 103 cm³/mol. The number of halogens is 1. The van der Waals surface area contributed by atoms with Gasteiger partial charge < -0.3 is 11.1 Å². The van der Waals surface area contributed by atoms with E-state index >= 15 is 0 Å². The van der Waals surface area contributed by atoms with Crippen molar-refractivity contribution in [2.24, 2.45) is 5.73 Å². The van der Waals surface area contributed by atoms with Crippen molar-refractivity contribution in [1.29, 1.82) is 0 Å². The first-order valence-corrected chi connectivity index (χ1v) is 9.73. The van der Waals surface area contributed by atoms with Crippen LogP contribution in [0.3, 0.4) is 0 Å². The van der Waals surface area contributed by atoms with Gasteiger partial charge in [0.05, 0.1) is 4.90 Å². The van der Waals surface area contributed by atoms with Crippen molar-refractivity contribution >= 4 is 39.7 Å². The van der Waals surface area contributed by atoms with E-state index in [1.54, 1.807) is 26.0 Å². The van der Waals surface area contributed by atoms with Gasteiger partial charge in [-0.05, 0) is 43.5 Å². The van der Waals surface area contributed by atoms with E-state index < -0.39 is 15.6 Å². The Bertz CT molecular complexity index is 800. The van der Waals surface area contributed by atoms with Crippen molar-refractivity contribution in [3.8, 4) is 0 Å². The quantitative estimate of drug-likeness (QED) is 0.658. The number of carbonyl (C=O) groups is 1. The number of thiophene rings is 1. The van der Waals surface area contributed by atoms with E-state index in [4.69, 9.17) is 5.73 Å². The van der Waals surface area contributed by atoms with Gasteiger partial charge >= 0.3 is 0 Å². The average molecular weight is 404 g/mol. The van der Waals surface area contributed by atoms with Gasteiger partial charge in [0, 0.05) is 29.1 Å². The summed E-state index contributed by atoms with van der Waals surface area (Å²) in [5.41, 5.74) is 5.56. The van der Waals surface area contributed by atoms with E-state index in [1.807, 2.05) is 17.5 Å². The molecule has 1 amide bonds. The van der Waals surface area contributed by atoms with E-state index in [0.29, 0.717) is 6.54 Å². The van der Waals surface area contributed by atoms with Gasteiger partial charge in [-0.2, -0.15) is 0 Å². The molecule has 0 saturated carbocycles. The summed E-state index contributed by atoms with van der Waals surface area (Å²) >= 11 is 1.47. The highest BCUT2D eigenvalue weighted by Gasteiger charge is 2.17. The zero-order chi connectivity index (χ0) is 17.8. The second-order valence-corrected chi connectivity index (χ2v) is 8.90. The lowest BCUT2D eigenvalue weighted by Crippen LogP contribution is -2.45. The monoisotopic (exact) mass is 403 g/mol. The van der Waals surface area contributed by atoms with Crippen molar-refractivity contribution in [2.75, 3.05) is 6.54 Å². The first kappa shape index (κ1) is 21.6. The molecule has 0 unspecified atom stereocenters. The van der Waals surface area contributed by atoms with Crippen LogP contribution in [0.1, 0.15) is 29.1 Å². The number of rotatable bonds is 7. The Morgan fingerprint density at radius 1 is 1.24 bits per heavy atom. The van der Waals surface area contributed by atoms with Crippen molar-refractivity contribution in [1.82, 2.24) is 10.0 Å². The van der Waals surface area contributed by atoms with Crippen LogP contribution in [0.25, 0.3) is 0 Å². The van der Waals surface area contributed by atoms with Crippen LogP contribution in [0, 0.1) is 0 Å². The lowest BCUT2D eigenvalue weighted by atomic mass is 10.1. The van der Waals surface area contributed by atoms with E-state index in [-0.39, 0.29) is 35.3 Å². The van der Waals surface area contributed by atoms with Crippen molar-refractivity contribution in [3.63, 3.8) is 0 Å². The molecule has 0 bridgehead atoms. The highest BCUT2D eigenvalue weighted by Crippen LogP contribution is 2.14. The second kappa shape index (κ2) is 8.77. The topological polar surface area (TPSA) is 101 Å². The largest absolute Gasteiger partial charge is 0.350 e. The molecule has 9 heteroatoms. The maximum Gasteiger partial charge on any atom is 0.251 e. The van der Waals surface area contributed by atoms with Crippen LogP contribution in [0.15, 0.2) is 46.7 Å². The fourth-order valence-electron chi connectivity index (χ4n) is 1.88. The summed E-state index contributed by atoms with van der Waals surface area (Å²) in [6, 6.07) is 9.64. The van der Waals surface area contributed by atoms with Crippen LogP contribution in [0.4, 0.5) is 0 Å². The van der Waals surface area contributed by atoms with Gasteiger partial charge in [0.1, 0.15) is 0 Å². The molecule has 138 valence electrons. The van der Waals surface area contributed by atoms with Crippen LogP contribution in [-0.2, 0) is 16.6 Å². The molecule has 0 aliphatic heterocycles. The number of carbonyl (C=O) groups excluding carboxylic acids is 1. The summed E-state index contributed by atoms with van der Waals surface area (Å²) in [7, 11) is -3.68. The zero-order valence-corrected chi connectivity index (χ0v) is 16.4. The normalized spacial score (nSPS) is 11.6. The highest BCUT2D eigenvalue weighted by atomic mass is 35.5. The average Bonchev–Trinajstić information content (AvgIpc) is 3.04. The SMILES string of the molecule is CC(C)(N)CNC(=O)c1cccc(S(=O)(=O)NCc2cccs2)c1.Cl. The Hall–Kier alpha value is -1.45. The van der Waals surface area contributed by atoms with Gasteiger partial charge in [0.25, 0.3) is 5.91 Å². The fourth-order valence-corrected chi connectivity index (χ4v) is 3.67. The van der Waals surface area contributed by atoms with Crippen LogP contribution < -0.4 is 15.8 Å². The molecule has 25 heavy (non-hydrogen) atoms. The van der Waals surface area contributed by atoms with Gasteiger partial charge in [-0.1, -0.05) is 12.1 Å². The third-order valence-electron chi connectivity index (χ3n) is 3.13. The van der Waals surface area contributed by atoms with E-state index in [9.17, 15) is 13.2 Å². The summed E-state index contributed by atoms with van der Waals surface area (Å²) in [5.74, 6) is -0.358. The van der Waals surface area contributed by atoms with Crippen molar-refractivity contribution in [2.45, 2.75) is 30.8 Å². The zero-order valence-electron chi connectivity index (χ0n) is 14.0. The Morgan fingerprint density at radius 3 is 2.56 bits per heavy atom. The molecular weight excluding hydrogens is 382 g/mol. The van der Waals surface area contributed by atoms with Gasteiger partial charge in [0.15, 0.2) is 0 Å². The summed E-state index contributed by atoms with van der Waals surface area (Å²) in [5, 5.41) is 4.58. The molecule has 4 N–H and O–H groups in total. The number of hydrogen-bond donors (Lipinski definition) is 3. The Balaban J connectivity index is 0.00000312. The third kappa shape index (κ3) is 6.75. The highest BCUT2D eigenvalue weighted by molar-refractivity contribution is 7.89. The van der Waals surface area contributed by atoms with Crippen LogP contribution in [0.2, 0.25) is 0 Å². The number of amides is 1. The summed E-state index contributed by atoms with van der Waals surface area (Å²) in [6.45, 7) is 4.10. The molecule has 2 aromatic rings. The van der Waals surface area contributed by atoms with Crippen LogP contribution in [-0.4, -0.2) is 26.4 Å². The Morgan fingerprint density at radius 2 is 1.96 bits per heavy atom. The standard InChI is InChI=1S/C16H21N3O3S2.ClH/c1-16(2,17)11-18-15(20)12-5-3-7-14(9-12)24(21,22)19-10-13-6-4-8-23-13;/h3-9,19H,10-11,17H2,1-2H3,(H,18,20);1H. The second-order valence-electron chi connectivity index (χ2n) is 6.10. The maximum atomic E-state index is 12.4. The van der Waals surface area contributed by atoms with Crippen LogP contribution >= 0.6 is 23.7 Å². The smallest absolute Gasteiger partial charge is 0.251 e. The van der Waals surface area contributed by atoms with E-state index in [1.165, 1.54) is 23.5 Å². The lowest BCUT2D eigenvalue weighted by Gasteiger charge is -2.19. The van der Waals surface area contributed by atoms with Gasteiger partial charge in [-0.15, -0.1) is 23.7 Å². The van der Waals surface area contributed by atoms with Gasteiger partial charge in [-0.3, -0.25) is 4.79 Å². The minimum atomic E-state index is -3.68. The molecule has 0 radical (unpaired) electrons. The first-order chi connectivity index (χ1) is 11.2. The predicted octanol–water partition coefficient (Wildman–Crippen LogP) is 2.12. The summed E-state index contributed by atoms with van der Waals surface area (Å²) < 4.78 is 27.3. The molecule has 0 saturated heterocycles. The molecule has 0 spiro atoms. The Kier molecular flexibility index (Phi) is 7.58.